The maximum absolute atomic E-state index is 13.2. The lowest BCUT2D eigenvalue weighted by molar-refractivity contribution is -0.294. The number of aromatic hydroxyl groups is 2. The van der Waals surface area contributed by atoms with E-state index in [0.29, 0.717) is 12.0 Å². The molecule has 0 aliphatic carbocycles. The molecule has 1 amide bonds. The number of ether oxygens (including phenoxy) is 4. The number of carboxylic acid groups (broad SMARTS) is 1. The maximum atomic E-state index is 13.2. The summed E-state index contributed by atoms with van der Waals surface area (Å²) >= 11 is 0. The largest absolute Gasteiger partial charge is 0.508 e. The van der Waals surface area contributed by atoms with Crippen LogP contribution in [0.25, 0.3) is 11.0 Å². The number of allylic oxidation sites excluding steroid dienone is 2. The summed E-state index contributed by atoms with van der Waals surface area (Å²) < 4.78 is 28.5. The van der Waals surface area contributed by atoms with Crippen LogP contribution in [0.1, 0.15) is 67.6 Å². The zero-order chi connectivity index (χ0) is 37.8. The van der Waals surface area contributed by atoms with Gasteiger partial charge < -0.3 is 49.5 Å². The van der Waals surface area contributed by atoms with Crippen LogP contribution in [0.2, 0.25) is 0 Å². The SMILES string of the molecule is CC(C)=CCc1cc(C(=O)Cc2c(O)c3ccc(OC4OC(C)(C)C(CO)C(OC(N)=O)C4OC(=O)CCC(=O)O)c(C)c3oc2=O)ccc1O. The van der Waals surface area contributed by atoms with Crippen molar-refractivity contribution in [2.24, 2.45) is 11.7 Å². The van der Waals surface area contributed by atoms with Crippen LogP contribution in [0.4, 0.5) is 4.79 Å². The Kier molecular flexibility index (Phi) is 11.8. The third-order valence-corrected chi connectivity index (χ3v) is 8.61. The number of phenolic OH excluding ortho intramolecular Hbond substituents is 1. The molecule has 0 saturated carbocycles. The first kappa shape index (κ1) is 38.4. The quantitative estimate of drug-likeness (QED) is 0.0733. The van der Waals surface area contributed by atoms with Gasteiger partial charge in [0.05, 0.1) is 41.9 Å². The number of aliphatic carboxylic acids is 1. The first-order valence-corrected chi connectivity index (χ1v) is 16.0. The van der Waals surface area contributed by atoms with Crippen molar-refractivity contribution in [3.05, 3.63) is 74.7 Å². The maximum Gasteiger partial charge on any atom is 0.404 e. The molecule has 4 rings (SSSR count). The fourth-order valence-electron chi connectivity index (χ4n) is 5.79. The average molecular weight is 712 g/mol. The lowest BCUT2D eigenvalue weighted by atomic mass is 9.81. The van der Waals surface area contributed by atoms with E-state index in [1.54, 1.807) is 13.8 Å². The second-order valence-electron chi connectivity index (χ2n) is 13.0. The summed E-state index contributed by atoms with van der Waals surface area (Å²) in [5.41, 5.74) is 4.63. The summed E-state index contributed by atoms with van der Waals surface area (Å²) in [4.78, 5) is 62.0. The fourth-order valence-corrected chi connectivity index (χ4v) is 5.79. The normalized spacial score (nSPS) is 19.6. The van der Waals surface area contributed by atoms with Gasteiger partial charge in [0, 0.05) is 17.5 Å². The number of aliphatic hydroxyl groups is 1. The Morgan fingerprint density at radius 3 is 2.35 bits per heavy atom. The number of carbonyl (C=O) groups excluding carboxylic acids is 3. The van der Waals surface area contributed by atoms with E-state index in [0.717, 1.165) is 5.57 Å². The van der Waals surface area contributed by atoms with Crippen LogP contribution in [-0.4, -0.2) is 74.9 Å². The van der Waals surface area contributed by atoms with Crippen LogP contribution in [0.3, 0.4) is 0 Å². The average Bonchev–Trinajstić information content (AvgIpc) is 3.04. The van der Waals surface area contributed by atoms with Gasteiger partial charge in [0.2, 0.25) is 12.4 Å². The van der Waals surface area contributed by atoms with Crippen molar-refractivity contribution in [3.8, 4) is 17.2 Å². The number of benzene rings is 2. The summed E-state index contributed by atoms with van der Waals surface area (Å²) in [6.45, 7) is 7.86. The Hall–Kier alpha value is -5.41. The van der Waals surface area contributed by atoms with Crippen LogP contribution < -0.4 is 16.1 Å². The van der Waals surface area contributed by atoms with Gasteiger partial charge in [0.25, 0.3) is 0 Å². The molecule has 51 heavy (non-hydrogen) atoms. The highest BCUT2D eigenvalue weighted by Gasteiger charge is 2.54. The highest BCUT2D eigenvalue weighted by Crippen LogP contribution is 2.40. The lowest BCUT2D eigenvalue weighted by Crippen LogP contribution is -2.63. The van der Waals surface area contributed by atoms with Gasteiger partial charge in [-0.15, -0.1) is 0 Å². The monoisotopic (exact) mass is 711 g/mol. The number of primary amides is 1. The van der Waals surface area contributed by atoms with Gasteiger partial charge in [0.1, 0.15) is 22.8 Å². The lowest BCUT2D eigenvalue weighted by Gasteiger charge is -2.48. The Balaban J connectivity index is 1.68. The molecule has 274 valence electrons. The zero-order valence-corrected chi connectivity index (χ0v) is 28.8. The fraction of sp³-hybridized carbons (Fsp3) is 0.417. The summed E-state index contributed by atoms with van der Waals surface area (Å²) in [6.07, 6.45) is -5.02. The van der Waals surface area contributed by atoms with Crippen molar-refractivity contribution in [3.63, 3.8) is 0 Å². The van der Waals surface area contributed by atoms with Gasteiger partial charge in [-0.2, -0.15) is 0 Å². The molecule has 1 saturated heterocycles. The number of amides is 1. The molecular weight excluding hydrogens is 670 g/mol. The molecule has 4 unspecified atom stereocenters. The van der Waals surface area contributed by atoms with Gasteiger partial charge in [-0.3, -0.25) is 14.4 Å². The van der Waals surface area contributed by atoms with Crippen LogP contribution in [0.5, 0.6) is 17.2 Å². The third-order valence-electron chi connectivity index (χ3n) is 8.61. The molecule has 3 aromatic rings. The number of rotatable bonds is 13. The van der Waals surface area contributed by atoms with Crippen LogP contribution >= 0.6 is 0 Å². The van der Waals surface area contributed by atoms with Gasteiger partial charge in [0.15, 0.2) is 11.9 Å². The van der Waals surface area contributed by atoms with E-state index in [1.165, 1.54) is 37.3 Å². The Morgan fingerprint density at radius 2 is 1.73 bits per heavy atom. The second kappa shape index (κ2) is 15.6. The zero-order valence-electron chi connectivity index (χ0n) is 28.8. The number of carbonyl (C=O) groups is 4. The topological polar surface area (TPSA) is 242 Å². The van der Waals surface area contributed by atoms with E-state index >= 15 is 0 Å². The van der Waals surface area contributed by atoms with E-state index < -0.39 is 91.1 Å². The molecule has 4 atom stereocenters. The number of phenols is 1. The molecule has 0 bridgehead atoms. The number of fused-ring (bicyclic) bond motifs is 1. The van der Waals surface area contributed by atoms with Gasteiger partial charge in [-0.25, -0.2) is 9.59 Å². The van der Waals surface area contributed by atoms with Crippen LogP contribution in [-0.2, 0) is 36.6 Å². The van der Waals surface area contributed by atoms with Crippen LogP contribution in [0.15, 0.2) is 51.2 Å². The molecule has 1 aliphatic heterocycles. The summed E-state index contributed by atoms with van der Waals surface area (Å²) in [5.74, 6) is -4.17. The predicted octanol–water partition coefficient (Wildman–Crippen LogP) is 3.81. The Labute approximate surface area is 292 Å². The van der Waals surface area contributed by atoms with Gasteiger partial charge in [-0.05, 0) is 76.9 Å². The number of ketones is 1. The van der Waals surface area contributed by atoms with Gasteiger partial charge >= 0.3 is 23.7 Å². The minimum Gasteiger partial charge on any atom is -0.508 e. The molecule has 6 N–H and O–H groups in total. The first-order valence-electron chi connectivity index (χ1n) is 16.0. The highest BCUT2D eigenvalue weighted by atomic mass is 16.7. The number of aliphatic hydroxyl groups excluding tert-OH is 1. The number of hydrogen-bond donors (Lipinski definition) is 5. The number of nitrogens with two attached hydrogens (primary N) is 1. The molecule has 0 radical (unpaired) electrons. The number of esters is 1. The summed E-state index contributed by atoms with van der Waals surface area (Å²) in [7, 11) is 0. The minimum absolute atomic E-state index is 0.0135. The molecule has 15 heteroatoms. The van der Waals surface area contributed by atoms with E-state index in [4.69, 9.17) is 34.2 Å². The number of aryl methyl sites for hydroxylation is 1. The molecule has 0 spiro atoms. The van der Waals surface area contributed by atoms with Crippen LogP contribution in [0, 0.1) is 12.8 Å². The number of carboxylic acids is 1. The molecule has 1 aliphatic rings. The summed E-state index contributed by atoms with van der Waals surface area (Å²) in [5, 5.41) is 40.6. The Morgan fingerprint density at radius 1 is 1.02 bits per heavy atom. The molecule has 2 heterocycles. The summed E-state index contributed by atoms with van der Waals surface area (Å²) in [6, 6.07) is 7.11. The third kappa shape index (κ3) is 8.85. The van der Waals surface area contributed by atoms with Crippen molar-refractivity contribution in [1.29, 1.82) is 0 Å². The first-order chi connectivity index (χ1) is 23.9. The molecular formula is C36H41NO14. The highest BCUT2D eigenvalue weighted by molar-refractivity contribution is 5.99. The minimum atomic E-state index is -1.55. The smallest absolute Gasteiger partial charge is 0.404 e. The molecule has 15 nitrogen and oxygen atoms in total. The van der Waals surface area contributed by atoms with Crippen molar-refractivity contribution in [2.75, 3.05) is 6.61 Å². The predicted molar refractivity (Wildman–Crippen MR) is 180 cm³/mol. The van der Waals surface area contributed by atoms with Gasteiger partial charge in [-0.1, -0.05) is 11.6 Å². The second-order valence-corrected chi connectivity index (χ2v) is 13.0. The molecule has 1 aromatic heterocycles. The van der Waals surface area contributed by atoms with E-state index in [2.05, 4.69) is 0 Å². The Bertz CT molecular complexity index is 1920. The van der Waals surface area contributed by atoms with Crippen molar-refractivity contribution in [1.82, 2.24) is 0 Å². The number of Topliss-reactive ketones (excluding diaryl/α,β-unsaturated/α-hetero) is 1. The molecule has 1 fully saturated rings. The number of hydrogen-bond acceptors (Lipinski definition) is 13. The van der Waals surface area contributed by atoms with E-state index in [1.807, 2.05) is 19.9 Å². The molecule has 2 aromatic carbocycles. The van der Waals surface area contributed by atoms with E-state index in [9.17, 15) is 39.3 Å². The van der Waals surface area contributed by atoms with Crippen molar-refractivity contribution in [2.45, 2.75) is 84.4 Å². The standard InChI is InChI=1S/C36H41NO14/c1-17(2)6-7-19-14-20(8-10-24(19)39)25(40)15-22-29(44)21-9-11-26(18(3)30(21)49-33(22)45)47-34-32(48-28(43)13-12-27(41)42)31(50-35(37)46)23(16-38)36(4,5)51-34/h6,8-11,14,23,31-32,34,38-39,44H,7,12-13,15-16H2,1-5H3,(H2,37,46)(H,41,42). The van der Waals surface area contributed by atoms with Crippen molar-refractivity contribution < 1.29 is 63.0 Å². The van der Waals surface area contributed by atoms with Crippen molar-refractivity contribution >= 4 is 34.8 Å². The van der Waals surface area contributed by atoms with E-state index in [-0.39, 0.29) is 39.2 Å².